The molecule has 2 heterocycles. The maximum absolute atomic E-state index is 12.7. The number of aliphatic carboxylic acids is 1. The highest BCUT2D eigenvalue weighted by molar-refractivity contribution is 6.06. The lowest BCUT2D eigenvalue weighted by molar-refractivity contribution is -0.702. The van der Waals surface area contributed by atoms with Crippen LogP contribution in [0.4, 0.5) is 0 Å². The number of likely N-dealkylation sites (tertiary alicyclic amines) is 1. The zero-order chi connectivity index (χ0) is 17.2. The smallest absolute Gasteiger partial charge is 0.327 e. The van der Waals surface area contributed by atoms with E-state index in [0.29, 0.717) is 4.90 Å². The molecular formula is C15H18ClN3O5. The maximum Gasteiger partial charge on any atom is 0.327 e. The van der Waals surface area contributed by atoms with E-state index in [4.69, 9.17) is 0 Å². The van der Waals surface area contributed by atoms with Crippen LogP contribution >= 0.6 is 0 Å². The minimum Gasteiger partial charge on any atom is -1.00 e. The van der Waals surface area contributed by atoms with Crippen LogP contribution in [0.5, 0.6) is 0 Å². The summed E-state index contributed by atoms with van der Waals surface area (Å²) in [4.78, 5) is 48.2. The number of rotatable bonds is 4. The highest BCUT2D eigenvalue weighted by atomic mass is 35.5. The number of carboxylic acid groups (broad SMARTS) is 1. The first-order valence-electron chi connectivity index (χ1n) is 7.07. The number of pyridine rings is 1. The fourth-order valence-electron chi connectivity index (χ4n) is 2.91. The fourth-order valence-corrected chi connectivity index (χ4v) is 2.91. The molecule has 0 saturated carbocycles. The molecule has 3 amide bonds. The number of hydrogen-bond acceptors (Lipinski definition) is 4. The molecule has 1 fully saturated rings. The zero-order valence-corrected chi connectivity index (χ0v) is 14.0. The predicted molar refractivity (Wildman–Crippen MR) is 76.8 cm³/mol. The summed E-state index contributed by atoms with van der Waals surface area (Å²) in [5, 5.41) is 11.9. The number of nitrogens with zero attached hydrogens (tertiary/aromatic N) is 2. The molecule has 9 heteroatoms. The highest BCUT2D eigenvalue weighted by Crippen LogP contribution is 2.30. The van der Waals surface area contributed by atoms with E-state index in [0.717, 1.165) is 6.92 Å². The van der Waals surface area contributed by atoms with E-state index < -0.39 is 35.3 Å². The Labute approximate surface area is 144 Å². The molecule has 1 aliphatic rings. The summed E-state index contributed by atoms with van der Waals surface area (Å²) < 4.78 is 1.66. The lowest BCUT2D eigenvalue weighted by Crippen LogP contribution is -3.00. The first-order valence-corrected chi connectivity index (χ1v) is 7.07. The molecule has 1 aromatic rings. The van der Waals surface area contributed by atoms with Crippen LogP contribution in [-0.4, -0.2) is 45.3 Å². The van der Waals surface area contributed by atoms with Crippen molar-refractivity contribution in [2.75, 3.05) is 0 Å². The number of amides is 3. The second-order valence-electron chi connectivity index (χ2n) is 5.56. The van der Waals surface area contributed by atoms with E-state index in [1.54, 1.807) is 35.2 Å². The van der Waals surface area contributed by atoms with Gasteiger partial charge in [-0.2, -0.15) is 0 Å². The Kier molecular flexibility index (Phi) is 6.03. The Balaban J connectivity index is 0.00000288. The molecule has 2 atom stereocenters. The quantitative estimate of drug-likeness (QED) is 0.537. The van der Waals surface area contributed by atoms with Gasteiger partial charge in [-0.05, 0) is 0 Å². The molecule has 1 aliphatic heterocycles. The van der Waals surface area contributed by atoms with E-state index in [1.165, 1.54) is 6.92 Å². The van der Waals surface area contributed by atoms with Crippen LogP contribution in [0.2, 0.25) is 0 Å². The van der Waals surface area contributed by atoms with E-state index in [1.807, 2.05) is 0 Å². The van der Waals surface area contributed by atoms with Gasteiger partial charge in [-0.1, -0.05) is 6.07 Å². The minimum absolute atomic E-state index is 0. The third-order valence-corrected chi connectivity index (χ3v) is 3.75. The Morgan fingerprint density at radius 3 is 2.29 bits per heavy atom. The highest BCUT2D eigenvalue weighted by Gasteiger charge is 2.58. The number of carboxylic acids is 1. The fraction of sp³-hybridized carbons (Fsp3) is 0.400. The van der Waals surface area contributed by atoms with Crippen LogP contribution in [0, 0.1) is 0 Å². The first kappa shape index (κ1) is 19.6. The summed E-state index contributed by atoms with van der Waals surface area (Å²) in [7, 11) is 0. The molecule has 1 aromatic heterocycles. The van der Waals surface area contributed by atoms with Crippen LogP contribution < -0.4 is 22.3 Å². The Morgan fingerprint density at radius 1 is 1.29 bits per heavy atom. The number of carbonyl (C=O) groups is 4. The predicted octanol–water partition coefficient (Wildman–Crippen LogP) is -3.91. The van der Waals surface area contributed by atoms with Crippen LogP contribution in [-0.2, 0) is 25.7 Å². The first-order chi connectivity index (χ1) is 10.8. The Morgan fingerprint density at radius 2 is 1.88 bits per heavy atom. The Hall–Kier alpha value is -2.48. The molecule has 2 N–H and O–H groups in total. The van der Waals surface area contributed by atoms with Crippen molar-refractivity contribution in [3.63, 3.8) is 0 Å². The third kappa shape index (κ3) is 3.70. The van der Waals surface area contributed by atoms with E-state index >= 15 is 0 Å². The molecule has 2 unspecified atom stereocenters. The lowest BCUT2D eigenvalue weighted by Gasteiger charge is -2.24. The average molecular weight is 356 g/mol. The number of aromatic nitrogens is 1. The van der Waals surface area contributed by atoms with Gasteiger partial charge in [0.1, 0.15) is 6.04 Å². The standard InChI is InChI=1S/C15H17N3O5.ClH/c1-10(19)16-15(9-17-6-4-3-5-7-17)8-12(13(21)22)18(11(2)20)14(15)23;/h3-7,12H,8-9H2,1-2H3,(H-,16,19,21,22);1H. The van der Waals surface area contributed by atoms with Crippen molar-refractivity contribution in [1.82, 2.24) is 10.2 Å². The molecule has 0 bridgehead atoms. The van der Waals surface area contributed by atoms with Crippen molar-refractivity contribution in [1.29, 1.82) is 0 Å². The molecule has 8 nitrogen and oxygen atoms in total. The summed E-state index contributed by atoms with van der Waals surface area (Å²) in [5.74, 6) is -3.11. The number of imide groups is 1. The van der Waals surface area contributed by atoms with Gasteiger partial charge in [0.05, 0.1) is 0 Å². The van der Waals surface area contributed by atoms with Gasteiger partial charge in [-0.25, -0.2) is 9.36 Å². The molecular weight excluding hydrogens is 338 g/mol. The van der Waals surface area contributed by atoms with Gasteiger partial charge in [0.15, 0.2) is 24.5 Å². The second-order valence-corrected chi connectivity index (χ2v) is 5.56. The van der Waals surface area contributed by atoms with E-state index in [2.05, 4.69) is 5.32 Å². The summed E-state index contributed by atoms with van der Waals surface area (Å²) in [6.07, 6.45) is 3.22. The third-order valence-electron chi connectivity index (χ3n) is 3.75. The molecule has 130 valence electrons. The zero-order valence-electron chi connectivity index (χ0n) is 13.2. The number of carbonyl (C=O) groups excluding carboxylic acids is 3. The number of hydrogen-bond donors (Lipinski definition) is 2. The normalized spacial score (nSPS) is 22.7. The van der Waals surface area contributed by atoms with Gasteiger partial charge in [-0.3, -0.25) is 19.3 Å². The summed E-state index contributed by atoms with van der Waals surface area (Å²) in [6, 6.07) is 3.99. The number of halogens is 1. The topological polar surface area (TPSA) is 108 Å². The van der Waals surface area contributed by atoms with Crippen molar-refractivity contribution >= 4 is 23.7 Å². The molecule has 0 aliphatic carbocycles. The molecule has 1 saturated heterocycles. The monoisotopic (exact) mass is 355 g/mol. The summed E-state index contributed by atoms with van der Waals surface area (Å²) in [5.41, 5.74) is -1.47. The van der Waals surface area contributed by atoms with Crippen molar-refractivity contribution in [3.8, 4) is 0 Å². The van der Waals surface area contributed by atoms with Crippen LogP contribution in [0.15, 0.2) is 30.6 Å². The lowest BCUT2D eigenvalue weighted by atomic mass is 9.94. The van der Waals surface area contributed by atoms with Crippen molar-refractivity contribution in [2.45, 2.75) is 38.4 Å². The van der Waals surface area contributed by atoms with E-state index in [9.17, 15) is 24.3 Å². The van der Waals surface area contributed by atoms with Gasteiger partial charge in [0, 0.05) is 32.4 Å². The van der Waals surface area contributed by atoms with Crippen molar-refractivity contribution in [2.24, 2.45) is 0 Å². The summed E-state index contributed by atoms with van der Waals surface area (Å²) in [6.45, 7) is 2.42. The van der Waals surface area contributed by atoms with Gasteiger partial charge >= 0.3 is 5.97 Å². The largest absolute Gasteiger partial charge is 1.00 e. The Bertz CT molecular complexity index is 666. The molecule has 2 rings (SSSR count). The molecule has 24 heavy (non-hydrogen) atoms. The molecule has 0 aromatic carbocycles. The van der Waals surface area contributed by atoms with Crippen LogP contribution in [0.25, 0.3) is 0 Å². The van der Waals surface area contributed by atoms with Crippen molar-refractivity contribution in [3.05, 3.63) is 30.6 Å². The van der Waals surface area contributed by atoms with Crippen LogP contribution in [0.1, 0.15) is 20.3 Å². The number of nitrogens with one attached hydrogen (secondary N) is 1. The van der Waals surface area contributed by atoms with Gasteiger partial charge in [0.25, 0.3) is 5.91 Å². The molecule has 0 spiro atoms. The van der Waals surface area contributed by atoms with Gasteiger partial charge in [0.2, 0.25) is 11.8 Å². The summed E-state index contributed by atoms with van der Waals surface area (Å²) >= 11 is 0. The average Bonchev–Trinajstić information content (AvgIpc) is 2.73. The van der Waals surface area contributed by atoms with Crippen LogP contribution in [0.3, 0.4) is 0 Å². The van der Waals surface area contributed by atoms with Gasteiger partial charge in [-0.15, -0.1) is 0 Å². The maximum atomic E-state index is 12.7. The minimum atomic E-state index is -1.47. The van der Waals surface area contributed by atoms with E-state index in [-0.39, 0.29) is 25.4 Å². The van der Waals surface area contributed by atoms with Crippen molar-refractivity contribution < 1.29 is 41.3 Å². The SMILES string of the molecule is CC(=O)NC1(C[n+]2ccccc2)CC(C(=O)O)N(C(C)=O)C1=O.[Cl-]. The molecule has 0 radical (unpaired) electrons. The van der Waals surface area contributed by atoms with Gasteiger partial charge < -0.3 is 22.8 Å². The second kappa shape index (κ2) is 7.39.